The van der Waals surface area contributed by atoms with Crippen LogP contribution in [0.15, 0.2) is 41.5 Å². The van der Waals surface area contributed by atoms with Gasteiger partial charge in [0, 0.05) is 32.3 Å². The lowest BCUT2D eigenvalue weighted by atomic mass is 9.93. The number of aromatic nitrogens is 2. The van der Waals surface area contributed by atoms with Gasteiger partial charge in [0.25, 0.3) is 0 Å². The molecule has 0 radical (unpaired) electrons. The Kier molecular flexibility index (Phi) is 7.54. The van der Waals surface area contributed by atoms with Crippen molar-refractivity contribution in [2.45, 2.75) is 25.8 Å². The number of ether oxygens (including phenoxy) is 1. The summed E-state index contributed by atoms with van der Waals surface area (Å²) in [5.41, 5.74) is 2.36. The first-order chi connectivity index (χ1) is 11.8. The summed E-state index contributed by atoms with van der Waals surface area (Å²) in [5.74, 6) is 2.28. The van der Waals surface area contributed by atoms with Crippen LogP contribution in [0.4, 0.5) is 0 Å². The molecule has 0 bridgehead atoms. The highest BCUT2D eigenvalue weighted by atomic mass is 127. The van der Waals surface area contributed by atoms with Crippen molar-refractivity contribution in [3.8, 4) is 5.75 Å². The number of benzene rings is 1. The number of halogens is 1. The van der Waals surface area contributed by atoms with Gasteiger partial charge in [0.05, 0.1) is 18.8 Å². The number of nitrogens with zero attached hydrogens (tertiary/aromatic N) is 3. The van der Waals surface area contributed by atoms with Crippen LogP contribution in [0.1, 0.15) is 30.5 Å². The molecule has 1 atom stereocenters. The van der Waals surface area contributed by atoms with Gasteiger partial charge in [-0.2, -0.15) is 5.10 Å². The second-order valence-corrected chi connectivity index (χ2v) is 5.89. The Morgan fingerprint density at radius 1 is 1.32 bits per heavy atom. The second-order valence-electron chi connectivity index (χ2n) is 5.89. The van der Waals surface area contributed by atoms with Crippen molar-refractivity contribution in [3.05, 3.63) is 47.8 Å². The van der Waals surface area contributed by atoms with E-state index >= 15 is 0 Å². The molecule has 2 heterocycles. The summed E-state index contributed by atoms with van der Waals surface area (Å²) in [6, 6.07) is 10.3. The largest absolute Gasteiger partial charge is 0.493 e. The second kappa shape index (κ2) is 9.65. The fraction of sp³-hybridized carbons (Fsp3) is 0.444. The average molecular weight is 455 g/mol. The molecule has 0 aliphatic carbocycles. The maximum atomic E-state index is 5.73. The Balaban J connectivity index is 0.00000225. The third-order valence-corrected chi connectivity index (χ3v) is 4.26. The molecule has 0 amide bonds. The van der Waals surface area contributed by atoms with Crippen LogP contribution in [0.25, 0.3) is 0 Å². The van der Waals surface area contributed by atoms with Crippen molar-refractivity contribution in [1.29, 1.82) is 0 Å². The molecule has 25 heavy (non-hydrogen) atoms. The lowest BCUT2D eigenvalue weighted by Crippen LogP contribution is -2.40. The zero-order valence-electron chi connectivity index (χ0n) is 14.7. The molecular formula is C18H26IN5O. The van der Waals surface area contributed by atoms with Gasteiger partial charge in [-0.3, -0.25) is 4.68 Å². The van der Waals surface area contributed by atoms with Crippen LogP contribution in [-0.4, -0.2) is 35.4 Å². The number of aryl methyl sites for hydroxylation is 1. The summed E-state index contributed by atoms with van der Waals surface area (Å²) in [5, 5.41) is 11.0. The first-order valence-electron chi connectivity index (χ1n) is 8.48. The number of guanidine groups is 1. The Morgan fingerprint density at radius 2 is 2.16 bits per heavy atom. The van der Waals surface area contributed by atoms with Crippen LogP contribution < -0.4 is 15.4 Å². The Morgan fingerprint density at radius 3 is 2.92 bits per heavy atom. The summed E-state index contributed by atoms with van der Waals surface area (Å²) in [6.45, 7) is 5.13. The number of rotatable bonds is 5. The van der Waals surface area contributed by atoms with Gasteiger partial charge in [-0.05, 0) is 31.0 Å². The van der Waals surface area contributed by atoms with Gasteiger partial charge in [0.2, 0.25) is 0 Å². The molecule has 1 aromatic heterocycles. The fourth-order valence-electron chi connectivity index (χ4n) is 2.91. The molecule has 0 saturated carbocycles. The summed E-state index contributed by atoms with van der Waals surface area (Å²) >= 11 is 0. The minimum absolute atomic E-state index is 0. The molecule has 1 unspecified atom stereocenters. The molecule has 2 aromatic rings. The highest BCUT2D eigenvalue weighted by molar-refractivity contribution is 14.0. The number of para-hydroxylation sites is 1. The molecular weight excluding hydrogens is 429 g/mol. The van der Waals surface area contributed by atoms with Crippen LogP contribution in [0, 0.1) is 0 Å². The van der Waals surface area contributed by atoms with Gasteiger partial charge in [0.1, 0.15) is 5.75 Å². The Bertz CT molecular complexity index is 700. The van der Waals surface area contributed by atoms with Crippen molar-refractivity contribution in [2.24, 2.45) is 12.0 Å². The van der Waals surface area contributed by atoms with Gasteiger partial charge < -0.3 is 15.4 Å². The van der Waals surface area contributed by atoms with Crippen molar-refractivity contribution in [2.75, 3.05) is 19.7 Å². The van der Waals surface area contributed by atoms with Crippen LogP contribution in [0.3, 0.4) is 0 Å². The SMILES string of the molecule is CCNC(=NCc1ccnn1C)NCC1CCOc2ccccc21.I. The number of hydrogen-bond acceptors (Lipinski definition) is 3. The quantitative estimate of drug-likeness (QED) is 0.414. The number of hydrogen-bond donors (Lipinski definition) is 2. The Labute approximate surface area is 166 Å². The molecule has 0 spiro atoms. The molecule has 2 N–H and O–H groups in total. The van der Waals surface area contributed by atoms with Gasteiger partial charge in [-0.25, -0.2) is 4.99 Å². The van der Waals surface area contributed by atoms with Crippen molar-refractivity contribution in [1.82, 2.24) is 20.4 Å². The third-order valence-electron chi connectivity index (χ3n) is 4.26. The van der Waals surface area contributed by atoms with E-state index in [0.717, 1.165) is 43.5 Å². The van der Waals surface area contributed by atoms with Gasteiger partial charge in [-0.15, -0.1) is 24.0 Å². The summed E-state index contributed by atoms with van der Waals surface area (Å²) < 4.78 is 7.58. The monoisotopic (exact) mass is 455 g/mol. The Hall–Kier alpha value is -1.77. The van der Waals surface area contributed by atoms with E-state index in [2.05, 4.69) is 39.8 Å². The molecule has 6 nitrogen and oxygen atoms in total. The standard InChI is InChI=1S/C18H25N5O.HI/c1-3-19-18(21-13-15-8-10-22-23(15)2)20-12-14-9-11-24-17-7-5-4-6-16(14)17;/h4-8,10,14H,3,9,11-13H2,1-2H3,(H2,19,20,21);1H. The smallest absolute Gasteiger partial charge is 0.191 e. The van der Waals surface area contributed by atoms with E-state index in [0.29, 0.717) is 12.5 Å². The predicted molar refractivity (Wildman–Crippen MR) is 111 cm³/mol. The van der Waals surface area contributed by atoms with E-state index in [4.69, 9.17) is 4.74 Å². The topological polar surface area (TPSA) is 63.5 Å². The molecule has 0 saturated heterocycles. The number of fused-ring (bicyclic) bond motifs is 1. The molecule has 0 fully saturated rings. The first-order valence-corrected chi connectivity index (χ1v) is 8.48. The van der Waals surface area contributed by atoms with E-state index in [1.165, 1.54) is 5.56 Å². The van der Waals surface area contributed by atoms with Crippen LogP contribution >= 0.6 is 24.0 Å². The third kappa shape index (κ3) is 5.10. The fourth-order valence-corrected chi connectivity index (χ4v) is 2.91. The van der Waals surface area contributed by atoms with Crippen molar-refractivity contribution in [3.63, 3.8) is 0 Å². The normalized spacial score (nSPS) is 16.4. The van der Waals surface area contributed by atoms with Crippen molar-refractivity contribution < 1.29 is 4.74 Å². The highest BCUT2D eigenvalue weighted by Gasteiger charge is 2.21. The first kappa shape index (κ1) is 19.6. The van der Waals surface area contributed by atoms with Gasteiger partial charge in [0.15, 0.2) is 5.96 Å². The van der Waals surface area contributed by atoms with Gasteiger partial charge in [-0.1, -0.05) is 18.2 Å². The molecule has 1 aliphatic heterocycles. The average Bonchev–Trinajstić information content (AvgIpc) is 3.02. The summed E-state index contributed by atoms with van der Waals surface area (Å²) in [6.07, 6.45) is 2.81. The minimum Gasteiger partial charge on any atom is -0.493 e. The number of nitrogens with one attached hydrogen (secondary N) is 2. The minimum atomic E-state index is 0. The van der Waals surface area contributed by atoms with Crippen LogP contribution in [0.5, 0.6) is 5.75 Å². The van der Waals surface area contributed by atoms with E-state index in [9.17, 15) is 0 Å². The molecule has 3 rings (SSSR count). The zero-order chi connectivity index (χ0) is 16.8. The predicted octanol–water partition coefficient (Wildman–Crippen LogP) is 2.66. The van der Waals surface area contributed by atoms with Gasteiger partial charge >= 0.3 is 0 Å². The zero-order valence-corrected chi connectivity index (χ0v) is 17.1. The maximum absolute atomic E-state index is 5.73. The van der Waals surface area contributed by atoms with E-state index in [-0.39, 0.29) is 24.0 Å². The lowest BCUT2D eigenvalue weighted by molar-refractivity contribution is 0.267. The van der Waals surface area contributed by atoms with Crippen LogP contribution in [-0.2, 0) is 13.6 Å². The van der Waals surface area contributed by atoms with E-state index in [1.807, 2.05) is 29.9 Å². The molecule has 1 aromatic carbocycles. The molecule has 7 heteroatoms. The summed E-state index contributed by atoms with van der Waals surface area (Å²) in [4.78, 5) is 4.66. The van der Waals surface area contributed by atoms with Crippen LogP contribution in [0.2, 0.25) is 0 Å². The van der Waals surface area contributed by atoms with E-state index in [1.54, 1.807) is 6.20 Å². The van der Waals surface area contributed by atoms with E-state index < -0.39 is 0 Å². The molecule has 136 valence electrons. The lowest BCUT2D eigenvalue weighted by Gasteiger charge is -2.26. The molecule has 1 aliphatic rings. The van der Waals surface area contributed by atoms with Crippen molar-refractivity contribution >= 4 is 29.9 Å². The number of aliphatic imine (C=N–C) groups is 1. The maximum Gasteiger partial charge on any atom is 0.191 e. The highest BCUT2D eigenvalue weighted by Crippen LogP contribution is 2.32. The summed E-state index contributed by atoms with van der Waals surface area (Å²) in [7, 11) is 1.93.